The van der Waals surface area contributed by atoms with Crippen LogP contribution >= 0.6 is 0 Å². The van der Waals surface area contributed by atoms with Gasteiger partial charge in [0.1, 0.15) is 5.82 Å². The van der Waals surface area contributed by atoms with E-state index < -0.39 is 11.7 Å². The number of carbonyl (C=O) groups is 3. The average molecular weight is 543 g/mol. The van der Waals surface area contributed by atoms with Crippen LogP contribution in [-0.2, 0) is 4.79 Å². The van der Waals surface area contributed by atoms with Gasteiger partial charge in [-0.25, -0.2) is 4.39 Å². The second kappa shape index (κ2) is 12.3. The Morgan fingerprint density at radius 3 is 2.15 bits per heavy atom. The molecule has 40 heavy (non-hydrogen) atoms. The first kappa shape index (κ1) is 27.4. The number of rotatable bonds is 7. The largest absolute Gasteiger partial charge is 0.367 e. The van der Waals surface area contributed by atoms with Gasteiger partial charge in [0, 0.05) is 50.6 Å². The van der Waals surface area contributed by atoms with Crippen molar-refractivity contribution in [3.63, 3.8) is 0 Å². The van der Waals surface area contributed by atoms with Crippen molar-refractivity contribution in [1.29, 1.82) is 0 Å². The van der Waals surface area contributed by atoms with Crippen LogP contribution < -0.4 is 10.2 Å². The number of benzene rings is 3. The lowest BCUT2D eigenvalue weighted by atomic mass is 9.94. The third-order valence-corrected chi connectivity index (χ3v) is 7.84. The van der Waals surface area contributed by atoms with Crippen LogP contribution in [0, 0.1) is 5.82 Å². The molecule has 5 rings (SSSR count). The van der Waals surface area contributed by atoms with Crippen LogP contribution in [-0.4, -0.2) is 66.8 Å². The maximum atomic E-state index is 14.2. The van der Waals surface area contributed by atoms with Gasteiger partial charge in [0.25, 0.3) is 11.8 Å². The Labute approximate surface area is 234 Å². The molecule has 0 radical (unpaired) electrons. The van der Waals surface area contributed by atoms with E-state index >= 15 is 0 Å². The highest BCUT2D eigenvalue weighted by atomic mass is 19.1. The fourth-order valence-electron chi connectivity index (χ4n) is 5.62. The van der Waals surface area contributed by atoms with Crippen LogP contribution in [0.25, 0.3) is 0 Å². The zero-order valence-corrected chi connectivity index (χ0v) is 22.8. The summed E-state index contributed by atoms with van der Waals surface area (Å²) in [6, 6.07) is 21.0. The summed E-state index contributed by atoms with van der Waals surface area (Å²) in [4.78, 5) is 45.6. The minimum atomic E-state index is -0.602. The van der Waals surface area contributed by atoms with E-state index in [0.717, 1.165) is 30.5 Å². The molecule has 2 aliphatic rings. The van der Waals surface area contributed by atoms with Crippen LogP contribution in [0.1, 0.15) is 58.4 Å². The van der Waals surface area contributed by atoms with Gasteiger partial charge in [0.05, 0.1) is 17.0 Å². The normalized spacial score (nSPS) is 16.1. The lowest BCUT2D eigenvalue weighted by Gasteiger charge is -2.38. The van der Waals surface area contributed by atoms with Gasteiger partial charge < -0.3 is 20.0 Å². The molecule has 2 aliphatic heterocycles. The van der Waals surface area contributed by atoms with E-state index in [0.29, 0.717) is 50.5 Å². The molecule has 0 saturated carbocycles. The molecule has 2 heterocycles. The van der Waals surface area contributed by atoms with Gasteiger partial charge in [-0.05, 0) is 55.2 Å². The maximum absolute atomic E-state index is 14.2. The van der Waals surface area contributed by atoms with Crippen LogP contribution in [0.2, 0.25) is 0 Å². The highest BCUT2D eigenvalue weighted by Gasteiger charge is 2.30. The van der Waals surface area contributed by atoms with E-state index in [-0.39, 0.29) is 23.3 Å². The second-order valence-electron chi connectivity index (χ2n) is 10.3. The van der Waals surface area contributed by atoms with E-state index in [4.69, 9.17) is 0 Å². The first-order valence-electron chi connectivity index (χ1n) is 14.0. The summed E-state index contributed by atoms with van der Waals surface area (Å²) in [5, 5.41) is 2.75. The molecule has 3 amide bonds. The molecule has 1 atom stereocenters. The maximum Gasteiger partial charge on any atom is 0.258 e. The number of likely N-dealkylation sites (tertiary alicyclic amines) is 1. The van der Waals surface area contributed by atoms with Crippen molar-refractivity contribution in [1.82, 2.24) is 9.80 Å². The fraction of sp³-hybridized carbons (Fsp3) is 0.344. The Balaban J connectivity index is 1.34. The fourth-order valence-corrected chi connectivity index (χ4v) is 5.62. The third kappa shape index (κ3) is 5.86. The van der Waals surface area contributed by atoms with Crippen molar-refractivity contribution >= 4 is 29.1 Å². The summed E-state index contributed by atoms with van der Waals surface area (Å²) >= 11 is 0. The number of piperazine rings is 1. The highest BCUT2D eigenvalue weighted by Crippen LogP contribution is 2.30. The lowest BCUT2D eigenvalue weighted by molar-refractivity contribution is -0.133. The van der Waals surface area contributed by atoms with E-state index in [1.54, 1.807) is 18.2 Å². The molecule has 7 nitrogen and oxygen atoms in total. The van der Waals surface area contributed by atoms with Crippen molar-refractivity contribution in [3.05, 3.63) is 95.3 Å². The predicted octanol–water partition coefficient (Wildman–Crippen LogP) is 5.16. The number of hydrogen-bond acceptors (Lipinski definition) is 4. The number of nitrogens with zero attached hydrogens (tertiary/aromatic N) is 3. The lowest BCUT2D eigenvalue weighted by Crippen LogP contribution is -2.50. The number of anilines is 2. The summed E-state index contributed by atoms with van der Waals surface area (Å²) in [5.41, 5.74) is 2.69. The predicted molar refractivity (Wildman–Crippen MR) is 154 cm³/mol. The summed E-state index contributed by atoms with van der Waals surface area (Å²) in [5.74, 6) is -1.29. The van der Waals surface area contributed by atoms with Gasteiger partial charge in [0.2, 0.25) is 5.91 Å². The number of carbonyl (C=O) groups excluding carboxylic acids is 3. The second-order valence-corrected chi connectivity index (χ2v) is 10.3. The van der Waals surface area contributed by atoms with Crippen molar-refractivity contribution in [2.75, 3.05) is 49.5 Å². The van der Waals surface area contributed by atoms with Crippen LogP contribution in [0.5, 0.6) is 0 Å². The molecule has 8 heteroatoms. The monoisotopic (exact) mass is 542 g/mol. The van der Waals surface area contributed by atoms with E-state index in [1.165, 1.54) is 18.2 Å². The molecule has 3 aromatic carbocycles. The number of nitrogens with one attached hydrogen (secondary N) is 1. The molecule has 0 bridgehead atoms. The molecular weight excluding hydrogens is 507 g/mol. The molecule has 2 saturated heterocycles. The van der Waals surface area contributed by atoms with Crippen molar-refractivity contribution in [2.45, 2.75) is 32.1 Å². The van der Waals surface area contributed by atoms with E-state index in [2.05, 4.69) is 10.2 Å². The van der Waals surface area contributed by atoms with Gasteiger partial charge in [-0.1, -0.05) is 49.4 Å². The Kier molecular flexibility index (Phi) is 8.43. The molecule has 208 valence electrons. The van der Waals surface area contributed by atoms with Gasteiger partial charge in [-0.2, -0.15) is 0 Å². The Morgan fingerprint density at radius 1 is 0.800 bits per heavy atom. The number of halogens is 1. The zero-order chi connectivity index (χ0) is 28.1. The molecular formula is C32H35FN4O3. The quantitative estimate of drug-likeness (QED) is 0.448. The minimum Gasteiger partial charge on any atom is -0.367 e. The Hall–Kier alpha value is -4.20. The summed E-state index contributed by atoms with van der Waals surface area (Å²) < 4.78 is 14.2. The van der Waals surface area contributed by atoms with Gasteiger partial charge in [-0.3, -0.25) is 14.4 Å². The summed E-state index contributed by atoms with van der Waals surface area (Å²) in [6.07, 6.45) is 2.66. The molecule has 0 aromatic heterocycles. The van der Waals surface area contributed by atoms with Gasteiger partial charge in [-0.15, -0.1) is 0 Å². The molecule has 0 unspecified atom stereocenters. The summed E-state index contributed by atoms with van der Waals surface area (Å²) in [6.45, 7) is 5.75. The molecule has 2 fully saturated rings. The van der Waals surface area contributed by atoms with Crippen molar-refractivity contribution in [2.24, 2.45) is 0 Å². The average Bonchev–Trinajstić information content (AvgIpc) is 3.53. The SMILES string of the molecule is CC[C@H](C(=O)N1CCN(c2ccc(NC(=O)c3ccccc3F)cc2C(=O)N2CCCC2)CC1)c1ccccc1. The minimum absolute atomic E-state index is 0.0549. The van der Waals surface area contributed by atoms with Crippen LogP contribution in [0.4, 0.5) is 15.8 Å². The number of hydrogen-bond donors (Lipinski definition) is 1. The van der Waals surface area contributed by atoms with E-state index in [9.17, 15) is 18.8 Å². The molecule has 1 N–H and O–H groups in total. The topological polar surface area (TPSA) is 73.0 Å². The third-order valence-electron chi connectivity index (χ3n) is 7.84. The Bertz CT molecular complexity index is 1370. The molecule has 3 aromatic rings. The number of amides is 3. The van der Waals surface area contributed by atoms with Crippen molar-refractivity contribution in [3.8, 4) is 0 Å². The van der Waals surface area contributed by atoms with Gasteiger partial charge >= 0.3 is 0 Å². The van der Waals surface area contributed by atoms with E-state index in [1.807, 2.05) is 53.1 Å². The standard InChI is InChI=1S/C32H35FN4O3/c1-2-25(23-10-4-3-5-11-23)31(39)37-20-18-35(19-21-37)29-15-14-24(22-27(29)32(40)36-16-8-9-17-36)34-30(38)26-12-6-7-13-28(26)33/h3-7,10-15,22,25H,2,8-9,16-21H2,1H3,(H,34,38)/t25-/m0/s1. The first-order chi connectivity index (χ1) is 19.5. The molecule has 0 spiro atoms. The van der Waals surface area contributed by atoms with Crippen molar-refractivity contribution < 1.29 is 18.8 Å². The molecule has 0 aliphatic carbocycles. The Morgan fingerprint density at radius 2 is 1.48 bits per heavy atom. The van der Waals surface area contributed by atoms with Gasteiger partial charge in [0.15, 0.2) is 0 Å². The van der Waals surface area contributed by atoms with Crippen LogP contribution in [0.3, 0.4) is 0 Å². The highest BCUT2D eigenvalue weighted by molar-refractivity contribution is 6.06. The summed E-state index contributed by atoms with van der Waals surface area (Å²) in [7, 11) is 0. The van der Waals surface area contributed by atoms with Crippen LogP contribution in [0.15, 0.2) is 72.8 Å². The smallest absolute Gasteiger partial charge is 0.258 e. The zero-order valence-electron chi connectivity index (χ0n) is 22.8. The first-order valence-corrected chi connectivity index (χ1v) is 14.0.